The van der Waals surface area contributed by atoms with Gasteiger partial charge in [0.2, 0.25) is 9.84 Å². The number of sulfone groups is 1. The zero-order valence-corrected chi connectivity index (χ0v) is 18.4. The smallest absolute Gasteiger partial charge is 0.210 e. The number of epoxide rings is 1. The molecule has 1 unspecified atom stereocenters. The molecule has 2 aromatic rings. The number of rotatable bonds is 5. The van der Waals surface area contributed by atoms with E-state index in [1.165, 1.54) is 0 Å². The van der Waals surface area contributed by atoms with Crippen molar-refractivity contribution >= 4 is 9.84 Å². The molecular weight excluding hydrogens is 372 g/mol. The molecule has 1 heterocycles. The first-order valence-electron chi connectivity index (χ1n) is 9.65. The van der Waals surface area contributed by atoms with E-state index in [1.54, 1.807) is 18.2 Å². The highest BCUT2D eigenvalue weighted by Gasteiger charge is 2.34. The van der Waals surface area contributed by atoms with E-state index in [4.69, 9.17) is 9.47 Å². The molecule has 0 amide bonds. The Kier molecular flexibility index (Phi) is 5.36. The van der Waals surface area contributed by atoms with Gasteiger partial charge in [0.15, 0.2) is 0 Å². The first kappa shape index (κ1) is 20.9. The quantitative estimate of drug-likeness (QED) is 0.668. The first-order valence-corrected chi connectivity index (χ1v) is 11.1. The summed E-state index contributed by atoms with van der Waals surface area (Å²) >= 11 is 0. The van der Waals surface area contributed by atoms with Crippen molar-refractivity contribution in [1.29, 1.82) is 0 Å². The summed E-state index contributed by atoms with van der Waals surface area (Å²) in [6.07, 6.45) is 0.0516. The van der Waals surface area contributed by atoms with Crippen molar-refractivity contribution in [3.8, 4) is 5.75 Å². The second-order valence-corrected chi connectivity index (χ2v) is 11.3. The molecule has 2 aromatic carbocycles. The molecule has 0 radical (unpaired) electrons. The van der Waals surface area contributed by atoms with Gasteiger partial charge in [0.25, 0.3) is 0 Å². The molecule has 1 atom stereocenters. The molecule has 0 saturated carbocycles. The Morgan fingerprint density at radius 3 is 2.07 bits per heavy atom. The first-order chi connectivity index (χ1) is 12.9. The van der Waals surface area contributed by atoms with Crippen LogP contribution in [0.2, 0.25) is 0 Å². The van der Waals surface area contributed by atoms with Gasteiger partial charge in [0, 0.05) is 0 Å². The van der Waals surface area contributed by atoms with Crippen LogP contribution >= 0.6 is 0 Å². The summed E-state index contributed by atoms with van der Waals surface area (Å²) in [5.74, 6) is 0.395. The number of benzene rings is 2. The van der Waals surface area contributed by atoms with Crippen molar-refractivity contribution in [3.05, 3.63) is 53.6 Å². The molecular formula is C23H30O4S. The summed E-state index contributed by atoms with van der Waals surface area (Å²) in [7, 11) is -3.79. The Hall–Kier alpha value is -1.85. The molecule has 1 fully saturated rings. The van der Waals surface area contributed by atoms with E-state index in [1.807, 2.05) is 65.8 Å². The minimum atomic E-state index is -3.79. The third-order valence-electron chi connectivity index (χ3n) is 4.87. The lowest BCUT2D eigenvalue weighted by molar-refractivity contribution is 0.257. The average molecular weight is 403 g/mol. The highest BCUT2D eigenvalue weighted by atomic mass is 32.2. The molecule has 3 rings (SSSR count). The van der Waals surface area contributed by atoms with Crippen LogP contribution in [-0.4, -0.2) is 27.7 Å². The van der Waals surface area contributed by atoms with Crippen LogP contribution in [0, 0.1) is 0 Å². The fourth-order valence-corrected chi connectivity index (χ4v) is 5.47. The van der Waals surface area contributed by atoms with Gasteiger partial charge in [0.1, 0.15) is 23.4 Å². The van der Waals surface area contributed by atoms with Gasteiger partial charge in [-0.2, -0.15) is 0 Å². The summed E-state index contributed by atoms with van der Waals surface area (Å²) < 4.78 is 39.0. The third kappa shape index (κ3) is 4.26. The van der Waals surface area contributed by atoms with Gasteiger partial charge in [0.05, 0.1) is 11.5 Å². The second-order valence-electron chi connectivity index (χ2n) is 9.40. The van der Waals surface area contributed by atoms with Crippen LogP contribution in [0.1, 0.15) is 52.7 Å². The van der Waals surface area contributed by atoms with Gasteiger partial charge in [-0.15, -0.1) is 0 Å². The summed E-state index contributed by atoms with van der Waals surface area (Å²) in [5, 5.41) is 0. The van der Waals surface area contributed by atoms with Crippen LogP contribution in [0.3, 0.4) is 0 Å². The van der Waals surface area contributed by atoms with Crippen molar-refractivity contribution < 1.29 is 17.9 Å². The summed E-state index contributed by atoms with van der Waals surface area (Å²) in [6.45, 7) is 13.2. The normalized spacial score (nSPS) is 17.4. The molecule has 0 spiro atoms. The summed E-state index contributed by atoms with van der Waals surface area (Å²) in [5.41, 5.74) is 0.901. The van der Waals surface area contributed by atoms with Gasteiger partial charge in [-0.1, -0.05) is 71.9 Å². The topological polar surface area (TPSA) is 55.9 Å². The van der Waals surface area contributed by atoms with Gasteiger partial charge in [-0.25, -0.2) is 8.42 Å². The zero-order valence-electron chi connectivity index (χ0n) is 17.6. The maximum absolute atomic E-state index is 13.9. The number of hydrogen-bond acceptors (Lipinski definition) is 4. The molecule has 152 valence electrons. The molecule has 0 bridgehead atoms. The van der Waals surface area contributed by atoms with Gasteiger partial charge < -0.3 is 9.47 Å². The highest BCUT2D eigenvalue weighted by molar-refractivity contribution is 7.91. The summed E-state index contributed by atoms with van der Waals surface area (Å²) in [6, 6.07) is 12.7. The SMILES string of the molecule is CC(C)(C)c1ccccc1S(=O)(=O)c1c(OCC2CO2)cccc1C(C)(C)C. The Morgan fingerprint density at radius 1 is 0.929 bits per heavy atom. The van der Waals surface area contributed by atoms with E-state index in [0.29, 0.717) is 23.9 Å². The Morgan fingerprint density at radius 2 is 1.50 bits per heavy atom. The molecule has 1 aliphatic heterocycles. The van der Waals surface area contributed by atoms with Gasteiger partial charge in [-0.3, -0.25) is 0 Å². The van der Waals surface area contributed by atoms with Crippen molar-refractivity contribution in [3.63, 3.8) is 0 Å². The minimum absolute atomic E-state index is 0.0516. The molecule has 0 N–H and O–H groups in total. The van der Waals surface area contributed by atoms with Crippen molar-refractivity contribution in [2.45, 2.75) is 68.3 Å². The molecule has 4 nitrogen and oxygen atoms in total. The second kappa shape index (κ2) is 7.20. The predicted octanol–water partition coefficient (Wildman–Crippen LogP) is 4.89. The fourth-order valence-electron chi connectivity index (χ4n) is 3.27. The van der Waals surface area contributed by atoms with Gasteiger partial charge >= 0.3 is 0 Å². The van der Waals surface area contributed by atoms with Crippen molar-refractivity contribution in [1.82, 2.24) is 0 Å². The van der Waals surface area contributed by atoms with Crippen LogP contribution in [0.4, 0.5) is 0 Å². The van der Waals surface area contributed by atoms with Crippen LogP contribution < -0.4 is 4.74 Å². The predicted molar refractivity (Wildman–Crippen MR) is 111 cm³/mol. The fraction of sp³-hybridized carbons (Fsp3) is 0.478. The van der Waals surface area contributed by atoms with E-state index in [2.05, 4.69) is 0 Å². The minimum Gasteiger partial charge on any atom is -0.489 e. The Bertz CT molecular complexity index is 959. The molecule has 1 aliphatic rings. The van der Waals surface area contributed by atoms with E-state index in [9.17, 15) is 8.42 Å². The summed E-state index contributed by atoms with van der Waals surface area (Å²) in [4.78, 5) is 0.603. The maximum Gasteiger partial charge on any atom is 0.210 e. The van der Waals surface area contributed by atoms with Crippen LogP contribution in [0.15, 0.2) is 52.3 Å². The van der Waals surface area contributed by atoms with Crippen LogP contribution in [0.25, 0.3) is 0 Å². The van der Waals surface area contributed by atoms with E-state index in [0.717, 1.165) is 11.1 Å². The van der Waals surface area contributed by atoms with Crippen LogP contribution in [0.5, 0.6) is 5.75 Å². The monoisotopic (exact) mass is 402 g/mol. The molecule has 28 heavy (non-hydrogen) atoms. The standard InChI is InChI=1S/C23H30O4S/c1-22(2,3)17-10-7-8-13-20(17)28(24,25)21-18(23(4,5)6)11-9-12-19(21)27-15-16-14-26-16/h7-13,16H,14-15H2,1-6H3. The third-order valence-corrected chi connectivity index (χ3v) is 6.76. The zero-order chi connectivity index (χ0) is 20.7. The van der Waals surface area contributed by atoms with E-state index in [-0.39, 0.29) is 21.8 Å². The maximum atomic E-state index is 13.9. The Labute approximate surface area is 168 Å². The van der Waals surface area contributed by atoms with Crippen molar-refractivity contribution in [2.24, 2.45) is 0 Å². The Balaban J connectivity index is 2.23. The van der Waals surface area contributed by atoms with Gasteiger partial charge in [-0.05, 0) is 34.1 Å². The lowest BCUT2D eigenvalue weighted by Gasteiger charge is -2.27. The van der Waals surface area contributed by atoms with Crippen LogP contribution in [-0.2, 0) is 25.4 Å². The lowest BCUT2D eigenvalue weighted by Crippen LogP contribution is -2.22. The molecule has 1 saturated heterocycles. The molecule has 0 aromatic heterocycles. The largest absolute Gasteiger partial charge is 0.489 e. The highest BCUT2D eigenvalue weighted by Crippen LogP contribution is 2.41. The lowest BCUT2D eigenvalue weighted by atomic mass is 9.87. The molecule has 5 heteroatoms. The van der Waals surface area contributed by atoms with Crippen molar-refractivity contribution in [2.75, 3.05) is 13.2 Å². The molecule has 0 aliphatic carbocycles. The number of ether oxygens (including phenoxy) is 2. The van der Waals surface area contributed by atoms with E-state index >= 15 is 0 Å². The average Bonchev–Trinajstić information content (AvgIpc) is 3.42. The number of hydrogen-bond donors (Lipinski definition) is 0. The van der Waals surface area contributed by atoms with E-state index < -0.39 is 9.84 Å².